The van der Waals surface area contributed by atoms with Crippen molar-refractivity contribution in [2.24, 2.45) is 5.41 Å². The fraction of sp³-hybridized carbons (Fsp3) is 0.732. The molecule has 14 nitrogen and oxygen atoms in total. The number of ether oxygens (including phenoxy) is 12. The second-order valence-corrected chi connectivity index (χ2v) is 31.5. The minimum absolute atomic E-state index is 0.0367. The number of carbonyl (C=O) groups excluding carboxylic acids is 2. The average Bonchev–Trinajstić information content (AvgIpc) is 0.843. The number of benzene rings is 4. The zero-order valence-corrected chi connectivity index (χ0v) is 72.0. The summed E-state index contributed by atoms with van der Waals surface area (Å²) in [5.41, 5.74) is 1.08. The van der Waals surface area contributed by atoms with Crippen molar-refractivity contribution in [3.63, 3.8) is 0 Å². The predicted octanol–water partition coefficient (Wildman–Crippen LogP) is 28.0. The second-order valence-electron chi connectivity index (χ2n) is 31.5. The molecule has 0 saturated heterocycles. The Kier molecular flexibility index (Phi) is 59.3. The molecule has 0 heterocycles. The van der Waals surface area contributed by atoms with E-state index in [1.165, 1.54) is 154 Å². The molecule has 0 unspecified atom stereocenters. The highest BCUT2D eigenvalue weighted by molar-refractivity contribution is 5.91. The lowest BCUT2D eigenvalue weighted by Gasteiger charge is -2.32. The van der Waals surface area contributed by atoms with E-state index < -0.39 is 17.4 Å². The summed E-state index contributed by atoms with van der Waals surface area (Å²) in [5.74, 6) is 3.84. The second kappa shape index (κ2) is 67.5. The van der Waals surface area contributed by atoms with Crippen LogP contribution in [0.3, 0.4) is 0 Å². The van der Waals surface area contributed by atoms with Crippen molar-refractivity contribution < 1.29 is 66.4 Å². The van der Waals surface area contributed by atoms with Gasteiger partial charge in [0.1, 0.15) is 13.2 Å². The van der Waals surface area contributed by atoms with Gasteiger partial charge in [-0.2, -0.15) is 0 Å². The molecule has 0 radical (unpaired) electrons. The van der Waals surface area contributed by atoms with Gasteiger partial charge in [0.2, 0.25) is 0 Å². The summed E-state index contributed by atoms with van der Waals surface area (Å²) in [6.07, 6.45) is 55.4. The van der Waals surface area contributed by atoms with Gasteiger partial charge in [-0.05, 0) is 123 Å². The normalized spacial score (nSPS) is 11.5. The molecule has 0 bridgehead atoms. The number of carbonyl (C=O) groups is 2. The van der Waals surface area contributed by atoms with Crippen LogP contribution in [0.1, 0.15) is 395 Å². The topological polar surface area (TPSA) is 145 Å². The lowest BCUT2D eigenvalue weighted by molar-refractivity contribution is -0.0918. The zero-order valence-electron chi connectivity index (χ0n) is 72.0. The third-order valence-electron chi connectivity index (χ3n) is 20.8. The van der Waals surface area contributed by atoms with E-state index in [-0.39, 0.29) is 39.6 Å². The summed E-state index contributed by atoms with van der Waals surface area (Å²) >= 11 is 0. The Bertz CT molecular complexity index is 2680. The highest BCUT2D eigenvalue weighted by Crippen LogP contribution is 2.36. The van der Waals surface area contributed by atoms with Crippen LogP contribution in [-0.2, 0) is 32.2 Å². The minimum atomic E-state index is -1.27. The van der Waals surface area contributed by atoms with Gasteiger partial charge in [0.25, 0.3) is 0 Å². The molecule has 0 N–H and O–H groups in total. The molecule has 0 aliphatic carbocycles. The van der Waals surface area contributed by atoms with Gasteiger partial charge in [-0.1, -0.05) is 324 Å². The van der Waals surface area contributed by atoms with Gasteiger partial charge in [0.05, 0.1) is 95.8 Å². The smallest absolute Gasteiger partial charge is 0.338 e. The van der Waals surface area contributed by atoms with Crippen molar-refractivity contribution in [1.29, 1.82) is 0 Å². The van der Waals surface area contributed by atoms with E-state index in [1.54, 1.807) is 24.3 Å². The van der Waals surface area contributed by atoms with Crippen molar-refractivity contribution in [2.75, 3.05) is 79.3 Å². The van der Waals surface area contributed by atoms with E-state index in [1.807, 2.05) is 48.5 Å². The van der Waals surface area contributed by atoms with Crippen molar-refractivity contribution in [3.05, 3.63) is 95.1 Å². The fourth-order valence-electron chi connectivity index (χ4n) is 13.6. The summed E-state index contributed by atoms with van der Waals surface area (Å²) in [6, 6.07) is 22.7. The van der Waals surface area contributed by atoms with Gasteiger partial charge in [0.15, 0.2) is 46.0 Å². The maximum atomic E-state index is 14.9. The van der Waals surface area contributed by atoms with Crippen LogP contribution in [0.5, 0.6) is 46.0 Å². The van der Waals surface area contributed by atoms with E-state index in [9.17, 15) is 9.59 Å². The number of rotatable bonds is 78. The first kappa shape index (κ1) is 97.5. The monoisotopic (exact) mass is 1550 g/mol. The van der Waals surface area contributed by atoms with Crippen LogP contribution in [-0.4, -0.2) is 91.2 Å². The van der Waals surface area contributed by atoms with E-state index in [0.717, 1.165) is 177 Å². The molecule has 0 amide bonds. The molecule has 0 fully saturated rings. The third kappa shape index (κ3) is 46.9. The first-order valence-electron chi connectivity index (χ1n) is 45.7. The van der Waals surface area contributed by atoms with Crippen molar-refractivity contribution in [1.82, 2.24) is 0 Å². The lowest BCUT2D eigenvalue weighted by Crippen LogP contribution is -2.43. The largest absolute Gasteiger partial charge is 0.490 e. The summed E-state index contributed by atoms with van der Waals surface area (Å²) in [4.78, 5) is 29.8. The van der Waals surface area contributed by atoms with Gasteiger partial charge < -0.3 is 56.8 Å². The summed E-state index contributed by atoms with van der Waals surface area (Å²) < 4.78 is 78.7. The summed E-state index contributed by atoms with van der Waals surface area (Å²) in [6.45, 7) is 22.0. The molecule has 632 valence electrons. The van der Waals surface area contributed by atoms with Gasteiger partial charge in [0, 0.05) is 0 Å². The van der Waals surface area contributed by atoms with E-state index in [4.69, 9.17) is 56.8 Å². The van der Waals surface area contributed by atoms with Gasteiger partial charge in [-0.15, -0.1) is 0 Å². The van der Waals surface area contributed by atoms with E-state index in [2.05, 4.69) is 55.4 Å². The lowest BCUT2D eigenvalue weighted by atomic mass is 9.92. The zero-order chi connectivity index (χ0) is 79.4. The predicted molar refractivity (Wildman–Crippen MR) is 459 cm³/mol. The number of hydrogen-bond donors (Lipinski definition) is 0. The molecule has 0 saturated carbocycles. The molecular formula is C97H160O14. The molecular weight excluding hydrogens is 1390 g/mol. The molecule has 0 aliphatic heterocycles. The van der Waals surface area contributed by atoms with Crippen LogP contribution in [0.2, 0.25) is 0 Å². The highest BCUT2D eigenvalue weighted by atomic mass is 16.6. The molecule has 111 heavy (non-hydrogen) atoms. The minimum Gasteiger partial charge on any atom is -0.490 e. The molecule has 4 rings (SSSR count). The number of hydrogen-bond acceptors (Lipinski definition) is 14. The first-order valence-corrected chi connectivity index (χ1v) is 45.7. The Morgan fingerprint density at radius 2 is 0.423 bits per heavy atom. The summed E-state index contributed by atoms with van der Waals surface area (Å²) in [7, 11) is 0. The van der Waals surface area contributed by atoms with Gasteiger partial charge >= 0.3 is 11.9 Å². The fourth-order valence-corrected chi connectivity index (χ4v) is 13.6. The Hall–Kier alpha value is -5.86. The molecule has 0 aliphatic rings. The molecule has 0 atom stereocenters. The molecule has 0 spiro atoms. The average molecular weight is 1550 g/mol. The summed E-state index contributed by atoms with van der Waals surface area (Å²) in [5, 5.41) is 0. The van der Waals surface area contributed by atoms with Crippen LogP contribution in [0.4, 0.5) is 0 Å². The highest BCUT2D eigenvalue weighted by Gasteiger charge is 2.37. The Balaban J connectivity index is 1.80. The van der Waals surface area contributed by atoms with Gasteiger partial charge in [-0.25, -0.2) is 9.59 Å². The molecule has 4 aromatic carbocycles. The number of unbranched alkanes of at least 4 members (excludes halogenated alkanes) is 40. The van der Waals surface area contributed by atoms with Crippen LogP contribution in [0, 0.1) is 5.41 Å². The maximum Gasteiger partial charge on any atom is 0.338 e. The third-order valence-corrected chi connectivity index (χ3v) is 20.8. The van der Waals surface area contributed by atoms with Gasteiger partial charge in [-0.3, -0.25) is 0 Å². The molecule has 0 aromatic heterocycles. The molecule has 4 aromatic rings. The van der Waals surface area contributed by atoms with Crippen LogP contribution in [0.25, 0.3) is 0 Å². The Morgan fingerprint density at radius 1 is 0.225 bits per heavy atom. The van der Waals surface area contributed by atoms with E-state index in [0.29, 0.717) is 98.5 Å². The van der Waals surface area contributed by atoms with E-state index >= 15 is 0 Å². The van der Waals surface area contributed by atoms with Crippen LogP contribution in [0.15, 0.2) is 72.8 Å². The Labute approximate surface area is 677 Å². The van der Waals surface area contributed by atoms with Crippen molar-refractivity contribution in [2.45, 2.75) is 377 Å². The number of esters is 2. The van der Waals surface area contributed by atoms with Crippen LogP contribution >= 0.6 is 0 Å². The first-order chi connectivity index (χ1) is 54.7. The van der Waals surface area contributed by atoms with Crippen molar-refractivity contribution in [3.8, 4) is 46.0 Å². The SMILES string of the molecule is CCCCCCCCCCOc1ccc(COCC(COCc2ccc(OCCCCCCCCCC)c(OCCCCCCCCCC)c2)(COC(=O)c2ccc(OCCCCCC)c(OCCCCCC)c2)COC(=O)c2ccc(OCCCCCC)c(OCCCCCC)c2)cc1OCCCCCCCCCC. The van der Waals surface area contributed by atoms with Crippen LogP contribution < -0.4 is 37.9 Å². The maximum absolute atomic E-state index is 14.9. The molecule has 14 heteroatoms. The van der Waals surface area contributed by atoms with Crippen molar-refractivity contribution >= 4 is 11.9 Å². The Morgan fingerprint density at radius 3 is 0.667 bits per heavy atom. The standard InChI is InChI=1S/C97H160O14/c1-9-17-25-33-37-41-45-53-67-102-87-61-57-83(73-91(87)106-71-55-47-43-39-35-27-19-11-3)77-100-79-97(81-110-95(98)85-59-63-89(104-65-49-29-21-13-5)93(75-85)108-69-51-31-23-15-7,82-111-96(99)86-60-64-90(105-66-50-30-22-14-6)94(76-86)109-70-52-32-24-16-8)80-101-78-84-58-62-88(103-68-54-46-42-38-34-26-18-10-2)92(74-84)107-72-56-48-44-40-36-28-20-12-4/h57-64,73-76H,9-56,65-72,77-82H2,1-8H3. The quantitative estimate of drug-likeness (QED) is 0.0305.